The summed E-state index contributed by atoms with van der Waals surface area (Å²) in [7, 11) is 0. The van der Waals surface area contributed by atoms with Gasteiger partial charge in [-0.3, -0.25) is 0 Å². The Hall–Kier alpha value is -4.79. The van der Waals surface area contributed by atoms with E-state index in [-0.39, 0.29) is 0 Å². The molecule has 0 aliphatic carbocycles. The minimum absolute atomic E-state index is 1.18. The normalized spacial score (nSPS) is 12.4. The molecule has 1 nitrogen and oxygen atoms in total. The number of aromatic nitrogens is 1. The van der Waals surface area contributed by atoms with Crippen LogP contribution < -0.4 is 0 Å². The molecular weight excluding hydrogens is 502 g/mol. The van der Waals surface area contributed by atoms with Gasteiger partial charge in [0, 0.05) is 37.0 Å². The topological polar surface area (TPSA) is 4.93 Å². The van der Waals surface area contributed by atoms with Gasteiger partial charge in [-0.1, -0.05) is 121 Å². The molecule has 0 radical (unpaired) electrons. The standard InChI is InChI=1S/C38H23NS/c1-2-11-25(12-3-1)39-33-18-9-17-29(36(33)32-21-20-24-10-4-5-13-26(24)38(32)39)27-22-23-35-37-30(27)15-8-16-31(37)28-14-6-7-19-34(28)40-35/h1-23H. The summed E-state index contributed by atoms with van der Waals surface area (Å²) in [4.78, 5) is 2.66. The van der Waals surface area contributed by atoms with Crippen molar-refractivity contribution in [2.24, 2.45) is 0 Å². The first-order chi connectivity index (χ1) is 19.9. The summed E-state index contributed by atoms with van der Waals surface area (Å²) in [5.74, 6) is 0. The molecule has 2 heteroatoms. The molecule has 0 spiro atoms. The molecule has 9 rings (SSSR count). The summed E-state index contributed by atoms with van der Waals surface area (Å²) in [6.45, 7) is 0. The molecule has 1 aliphatic heterocycles. The zero-order valence-corrected chi connectivity index (χ0v) is 22.5. The molecule has 0 fully saturated rings. The summed E-state index contributed by atoms with van der Waals surface area (Å²) >= 11 is 1.88. The molecule has 0 saturated heterocycles. The van der Waals surface area contributed by atoms with E-state index in [2.05, 4.69) is 144 Å². The SMILES string of the molecule is c1ccc(-n2c3cccc(-c4ccc5c6c(cccc46)-c4ccccc4S5)c3c3ccc4ccccc4c32)cc1. The average molecular weight is 526 g/mol. The van der Waals surface area contributed by atoms with Gasteiger partial charge in [0.2, 0.25) is 0 Å². The van der Waals surface area contributed by atoms with Crippen molar-refractivity contribution in [2.75, 3.05) is 0 Å². The van der Waals surface area contributed by atoms with Gasteiger partial charge in [0.15, 0.2) is 0 Å². The first-order valence-electron chi connectivity index (χ1n) is 13.7. The zero-order chi connectivity index (χ0) is 26.2. The first kappa shape index (κ1) is 22.1. The lowest BCUT2D eigenvalue weighted by Crippen LogP contribution is -1.95. The third kappa shape index (κ3) is 3.00. The molecule has 0 atom stereocenters. The third-order valence-corrected chi connectivity index (χ3v) is 9.52. The number of benzene rings is 7. The summed E-state index contributed by atoms with van der Waals surface area (Å²) in [6.07, 6.45) is 0. The van der Waals surface area contributed by atoms with Crippen LogP contribution in [0.5, 0.6) is 0 Å². The largest absolute Gasteiger partial charge is 0.309 e. The highest BCUT2D eigenvalue weighted by Crippen LogP contribution is 2.50. The van der Waals surface area contributed by atoms with Crippen LogP contribution in [0.1, 0.15) is 0 Å². The Morgan fingerprint density at radius 3 is 2.05 bits per heavy atom. The molecular formula is C38H23NS. The monoisotopic (exact) mass is 525 g/mol. The van der Waals surface area contributed by atoms with Crippen LogP contribution in [-0.2, 0) is 0 Å². The van der Waals surface area contributed by atoms with Crippen molar-refractivity contribution in [2.45, 2.75) is 9.79 Å². The van der Waals surface area contributed by atoms with Gasteiger partial charge in [-0.15, -0.1) is 0 Å². The molecule has 0 bridgehead atoms. The van der Waals surface area contributed by atoms with E-state index in [9.17, 15) is 0 Å². The summed E-state index contributed by atoms with van der Waals surface area (Å²) in [6, 6.07) is 51.2. The second-order valence-electron chi connectivity index (χ2n) is 10.5. The minimum atomic E-state index is 1.18. The van der Waals surface area contributed by atoms with Crippen LogP contribution in [0.15, 0.2) is 149 Å². The van der Waals surface area contributed by atoms with Gasteiger partial charge in [-0.25, -0.2) is 0 Å². The van der Waals surface area contributed by atoms with Gasteiger partial charge in [0.25, 0.3) is 0 Å². The van der Waals surface area contributed by atoms with Gasteiger partial charge in [-0.05, 0) is 63.4 Å². The maximum absolute atomic E-state index is 2.45. The fourth-order valence-corrected chi connectivity index (χ4v) is 7.84. The number of hydrogen-bond acceptors (Lipinski definition) is 1. The van der Waals surface area contributed by atoms with Crippen LogP contribution in [-0.4, -0.2) is 4.57 Å². The molecule has 0 saturated carbocycles. The first-order valence-corrected chi connectivity index (χ1v) is 14.5. The maximum Gasteiger partial charge on any atom is 0.0619 e. The van der Waals surface area contributed by atoms with E-state index in [4.69, 9.17) is 0 Å². The van der Waals surface area contributed by atoms with Crippen LogP contribution in [0.2, 0.25) is 0 Å². The molecule has 7 aromatic carbocycles. The van der Waals surface area contributed by atoms with Crippen LogP contribution >= 0.6 is 11.8 Å². The Labute approximate surface area is 236 Å². The molecule has 0 N–H and O–H groups in total. The van der Waals surface area contributed by atoms with E-state index in [0.717, 1.165) is 0 Å². The molecule has 0 unspecified atom stereocenters. The number of nitrogens with zero attached hydrogens (tertiary/aromatic N) is 1. The lowest BCUT2D eigenvalue weighted by molar-refractivity contribution is 1.19. The molecule has 1 aromatic heterocycles. The summed E-state index contributed by atoms with van der Waals surface area (Å²) in [5.41, 5.74) is 8.89. The quantitative estimate of drug-likeness (QED) is 0.217. The number of hydrogen-bond donors (Lipinski definition) is 0. The van der Waals surface area contributed by atoms with Crippen molar-refractivity contribution in [3.63, 3.8) is 0 Å². The van der Waals surface area contributed by atoms with Crippen LogP contribution in [0, 0.1) is 0 Å². The average Bonchev–Trinajstić information content (AvgIpc) is 3.37. The van der Waals surface area contributed by atoms with Gasteiger partial charge in [0.1, 0.15) is 0 Å². The lowest BCUT2D eigenvalue weighted by atomic mass is 9.90. The van der Waals surface area contributed by atoms with Crippen LogP contribution in [0.4, 0.5) is 0 Å². The highest BCUT2D eigenvalue weighted by Gasteiger charge is 2.23. The van der Waals surface area contributed by atoms with Crippen molar-refractivity contribution >= 4 is 55.1 Å². The van der Waals surface area contributed by atoms with Crippen molar-refractivity contribution in [3.05, 3.63) is 140 Å². The van der Waals surface area contributed by atoms with Crippen molar-refractivity contribution in [1.29, 1.82) is 0 Å². The summed E-state index contributed by atoms with van der Waals surface area (Å²) in [5, 5.41) is 7.79. The highest BCUT2D eigenvalue weighted by atomic mass is 32.2. The number of para-hydroxylation sites is 1. The van der Waals surface area contributed by atoms with Crippen molar-refractivity contribution in [1.82, 2.24) is 4.57 Å². The van der Waals surface area contributed by atoms with E-state index in [1.807, 2.05) is 11.8 Å². The Balaban J connectivity index is 1.43. The minimum Gasteiger partial charge on any atom is -0.309 e. The van der Waals surface area contributed by atoms with E-state index >= 15 is 0 Å². The van der Waals surface area contributed by atoms with Gasteiger partial charge < -0.3 is 4.57 Å². The number of rotatable bonds is 2. The van der Waals surface area contributed by atoms with E-state index < -0.39 is 0 Å². The highest BCUT2D eigenvalue weighted by molar-refractivity contribution is 7.99. The fraction of sp³-hybridized carbons (Fsp3) is 0. The van der Waals surface area contributed by atoms with E-state index in [0.29, 0.717) is 0 Å². The second-order valence-corrected chi connectivity index (χ2v) is 11.6. The lowest BCUT2D eigenvalue weighted by Gasteiger charge is -2.22. The smallest absolute Gasteiger partial charge is 0.0619 e. The molecule has 40 heavy (non-hydrogen) atoms. The Morgan fingerprint density at radius 2 is 1.12 bits per heavy atom. The molecule has 1 aliphatic rings. The van der Waals surface area contributed by atoms with Gasteiger partial charge in [0.05, 0.1) is 11.0 Å². The third-order valence-electron chi connectivity index (χ3n) is 8.38. The molecule has 0 amide bonds. The van der Waals surface area contributed by atoms with Crippen LogP contribution in [0.25, 0.3) is 71.3 Å². The fourth-order valence-electron chi connectivity index (χ4n) is 6.71. The molecule has 186 valence electrons. The van der Waals surface area contributed by atoms with Crippen molar-refractivity contribution < 1.29 is 0 Å². The Bertz CT molecular complexity index is 2290. The number of fused-ring (bicyclic) bond motifs is 7. The Morgan fingerprint density at radius 1 is 0.400 bits per heavy atom. The predicted octanol–water partition coefficient (Wildman–Crippen LogP) is 10.9. The summed E-state index contributed by atoms with van der Waals surface area (Å²) < 4.78 is 2.45. The van der Waals surface area contributed by atoms with Crippen LogP contribution in [0.3, 0.4) is 0 Å². The van der Waals surface area contributed by atoms with Crippen molar-refractivity contribution in [3.8, 4) is 27.9 Å². The molecule has 8 aromatic rings. The second kappa shape index (κ2) is 8.35. The predicted molar refractivity (Wildman–Crippen MR) is 171 cm³/mol. The van der Waals surface area contributed by atoms with Gasteiger partial charge >= 0.3 is 0 Å². The Kier molecular flexibility index (Phi) is 4.61. The van der Waals surface area contributed by atoms with Gasteiger partial charge in [-0.2, -0.15) is 0 Å². The zero-order valence-electron chi connectivity index (χ0n) is 21.6. The molecule has 2 heterocycles. The van der Waals surface area contributed by atoms with E-state index in [1.165, 1.54) is 81.1 Å². The van der Waals surface area contributed by atoms with E-state index in [1.54, 1.807) is 0 Å². The maximum atomic E-state index is 2.45.